The molecule has 0 saturated carbocycles. The highest BCUT2D eigenvalue weighted by Gasteiger charge is 2.16. The van der Waals surface area contributed by atoms with E-state index in [1.54, 1.807) is 47.8 Å². The normalized spacial score (nSPS) is 10.4. The average Bonchev–Trinajstić information content (AvgIpc) is 3.36. The highest BCUT2D eigenvalue weighted by atomic mass is 32.1. The molecule has 0 aliphatic rings. The van der Waals surface area contributed by atoms with Gasteiger partial charge in [-0.25, -0.2) is 0 Å². The fourth-order valence-electron chi connectivity index (χ4n) is 2.61. The van der Waals surface area contributed by atoms with Gasteiger partial charge in [-0.2, -0.15) is 0 Å². The molecule has 3 rings (SSSR count). The van der Waals surface area contributed by atoms with E-state index >= 15 is 0 Å². The van der Waals surface area contributed by atoms with Gasteiger partial charge in [-0.3, -0.25) is 25.2 Å². The second kappa shape index (κ2) is 8.81. The maximum absolute atomic E-state index is 12.5. The summed E-state index contributed by atoms with van der Waals surface area (Å²) < 4.78 is 0. The van der Waals surface area contributed by atoms with Crippen LogP contribution < -0.4 is 16.2 Å². The van der Waals surface area contributed by atoms with Gasteiger partial charge in [0, 0.05) is 4.88 Å². The maximum Gasteiger partial charge on any atom is 0.279 e. The van der Waals surface area contributed by atoms with Crippen LogP contribution in [-0.2, 0) is 6.42 Å². The minimum atomic E-state index is -0.514. The molecule has 0 spiro atoms. The summed E-state index contributed by atoms with van der Waals surface area (Å²) in [5.74, 6) is -1.18. The Labute approximate surface area is 170 Å². The number of aryl methyl sites for hydroxylation is 2. The molecule has 3 aromatic rings. The summed E-state index contributed by atoms with van der Waals surface area (Å²) in [5, 5.41) is 4.54. The van der Waals surface area contributed by atoms with E-state index in [1.807, 2.05) is 13.8 Å². The summed E-state index contributed by atoms with van der Waals surface area (Å²) in [6.45, 7) is 3.99. The Morgan fingerprint density at radius 2 is 1.68 bits per heavy atom. The van der Waals surface area contributed by atoms with Crippen LogP contribution in [0.25, 0.3) is 0 Å². The van der Waals surface area contributed by atoms with E-state index < -0.39 is 5.91 Å². The lowest BCUT2D eigenvalue weighted by Gasteiger charge is -2.11. The number of benzene rings is 1. The Hall–Kier alpha value is -2.97. The summed E-state index contributed by atoms with van der Waals surface area (Å²) in [7, 11) is 0. The molecular formula is C20H19N3O3S2. The summed E-state index contributed by atoms with van der Waals surface area (Å²) in [4.78, 5) is 39.3. The number of anilines is 1. The van der Waals surface area contributed by atoms with Crippen molar-refractivity contribution in [2.75, 3.05) is 5.32 Å². The van der Waals surface area contributed by atoms with Gasteiger partial charge in [0.05, 0.1) is 21.0 Å². The minimum Gasteiger partial charge on any atom is -0.321 e. The van der Waals surface area contributed by atoms with E-state index in [9.17, 15) is 14.4 Å². The zero-order chi connectivity index (χ0) is 20.1. The van der Waals surface area contributed by atoms with Crippen LogP contribution in [0.3, 0.4) is 0 Å². The van der Waals surface area contributed by atoms with Gasteiger partial charge in [0.1, 0.15) is 0 Å². The highest BCUT2D eigenvalue weighted by Crippen LogP contribution is 2.22. The van der Waals surface area contributed by atoms with Crippen molar-refractivity contribution >= 4 is 46.1 Å². The van der Waals surface area contributed by atoms with Crippen molar-refractivity contribution in [3.05, 3.63) is 73.6 Å². The van der Waals surface area contributed by atoms with Gasteiger partial charge >= 0.3 is 0 Å². The third-order valence-corrected chi connectivity index (χ3v) is 6.27. The molecule has 0 fully saturated rings. The van der Waals surface area contributed by atoms with Gasteiger partial charge in [0.2, 0.25) is 0 Å². The first-order valence-corrected chi connectivity index (χ1v) is 10.3. The molecule has 3 amide bonds. The molecule has 2 aromatic heterocycles. The average molecular weight is 414 g/mol. The fourth-order valence-corrected chi connectivity index (χ4v) is 4.24. The van der Waals surface area contributed by atoms with Crippen molar-refractivity contribution in [3.8, 4) is 0 Å². The molecule has 8 heteroatoms. The molecule has 144 valence electrons. The smallest absolute Gasteiger partial charge is 0.279 e. The molecule has 0 aliphatic heterocycles. The summed E-state index contributed by atoms with van der Waals surface area (Å²) >= 11 is 2.72. The van der Waals surface area contributed by atoms with Gasteiger partial charge in [-0.05, 0) is 48.6 Å². The van der Waals surface area contributed by atoms with Crippen LogP contribution in [-0.4, -0.2) is 17.7 Å². The van der Waals surface area contributed by atoms with Gasteiger partial charge < -0.3 is 5.32 Å². The van der Waals surface area contributed by atoms with Crippen molar-refractivity contribution in [2.24, 2.45) is 0 Å². The molecule has 0 aliphatic carbocycles. The fraction of sp³-hybridized carbons (Fsp3) is 0.150. The van der Waals surface area contributed by atoms with E-state index in [2.05, 4.69) is 16.2 Å². The van der Waals surface area contributed by atoms with Crippen molar-refractivity contribution < 1.29 is 14.4 Å². The number of hydrogen-bond acceptors (Lipinski definition) is 5. The molecule has 1 aromatic carbocycles. The van der Waals surface area contributed by atoms with Crippen LogP contribution in [0.2, 0.25) is 0 Å². The lowest BCUT2D eigenvalue weighted by Crippen LogP contribution is -2.41. The van der Waals surface area contributed by atoms with Crippen LogP contribution in [0.1, 0.15) is 47.1 Å². The zero-order valence-corrected chi connectivity index (χ0v) is 17.0. The quantitative estimate of drug-likeness (QED) is 0.553. The predicted octanol–water partition coefficient (Wildman–Crippen LogP) is 4.01. The predicted molar refractivity (Wildman–Crippen MR) is 112 cm³/mol. The van der Waals surface area contributed by atoms with E-state index in [4.69, 9.17) is 0 Å². The Bertz CT molecular complexity index is 1010. The van der Waals surface area contributed by atoms with Crippen LogP contribution >= 0.6 is 22.7 Å². The highest BCUT2D eigenvalue weighted by molar-refractivity contribution is 7.14. The van der Waals surface area contributed by atoms with E-state index in [0.717, 1.165) is 16.9 Å². The topological polar surface area (TPSA) is 87.3 Å². The first-order valence-electron chi connectivity index (χ1n) is 8.63. The number of nitrogens with one attached hydrogen (secondary N) is 3. The minimum absolute atomic E-state index is 0.254. The summed E-state index contributed by atoms with van der Waals surface area (Å²) in [6.07, 6.45) is 0.855. The van der Waals surface area contributed by atoms with Crippen LogP contribution in [0.5, 0.6) is 0 Å². The lowest BCUT2D eigenvalue weighted by molar-refractivity contribution is 0.0849. The molecule has 0 atom stereocenters. The monoisotopic (exact) mass is 413 g/mol. The first-order chi connectivity index (χ1) is 13.5. The maximum atomic E-state index is 12.5. The number of para-hydroxylation sites is 1. The Morgan fingerprint density at radius 1 is 0.929 bits per heavy atom. The van der Waals surface area contributed by atoms with Crippen LogP contribution in [0, 0.1) is 6.92 Å². The molecule has 2 heterocycles. The SMILES string of the molecule is CCc1sc(C(=O)NNC(=O)c2ccccc2NC(=O)c2cccs2)cc1C. The Kier molecular flexibility index (Phi) is 6.23. The third kappa shape index (κ3) is 4.47. The summed E-state index contributed by atoms with van der Waals surface area (Å²) in [6, 6.07) is 11.9. The standard InChI is InChI=1S/C20H19N3O3S2/c1-3-15-12(2)11-17(28-15)20(26)23-22-18(24)13-7-4-5-8-14(13)21-19(25)16-9-6-10-27-16/h4-11H,3H2,1-2H3,(H,21,25)(H,22,24)(H,23,26). The number of hydrogen-bond donors (Lipinski definition) is 3. The van der Waals surface area contributed by atoms with Crippen LogP contribution in [0.15, 0.2) is 47.8 Å². The lowest BCUT2D eigenvalue weighted by atomic mass is 10.1. The second-order valence-electron chi connectivity index (χ2n) is 5.96. The van der Waals surface area contributed by atoms with Crippen molar-refractivity contribution in [1.82, 2.24) is 10.9 Å². The number of carbonyl (C=O) groups is 3. The molecular weight excluding hydrogens is 394 g/mol. The van der Waals surface area contributed by atoms with Crippen molar-refractivity contribution in [2.45, 2.75) is 20.3 Å². The first kappa shape index (κ1) is 19.8. The number of rotatable bonds is 5. The molecule has 0 saturated heterocycles. The molecule has 0 radical (unpaired) electrons. The van der Waals surface area contributed by atoms with Crippen molar-refractivity contribution in [3.63, 3.8) is 0 Å². The number of carbonyl (C=O) groups excluding carboxylic acids is 3. The zero-order valence-electron chi connectivity index (χ0n) is 15.4. The largest absolute Gasteiger partial charge is 0.321 e. The molecule has 0 bridgehead atoms. The van der Waals surface area contributed by atoms with E-state index in [0.29, 0.717) is 15.4 Å². The number of thiophene rings is 2. The van der Waals surface area contributed by atoms with Crippen molar-refractivity contribution in [1.29, 1.82) is 0 Å². The number of hydrazine groups is 1. The van der Waals surface area contributed by atoms with Gasteiger partial charge in [-0.1, -0.05) is 25.1 Å². The van der Waals surface area contributed by atoms with Gasteiger partial charge in [-0.15, -0.1) is 22.7 Å². The third-order valence-electron chi connectivity index (χ3n) is 4.02. The molecule has 0 unspecified atom stereocenters. The van der Waals surface area contributed by atoms with Gasteiger partial charge in [0.25, 0.3) is 17.7 Å². The van der Waals surface area contributed by atoms with Crippen LogP contribution in [0.4, 0.5) is 5.69 Å². The van der Waals surface area contributed by atoms with E-state index in [1.165, 1.54) is 22.7 Å². The Balaban J connectivity index is 1.67. The summed E-state index contributed by atoms with van der Waals surface area (Å²) in [5.41, 5.74) is 6.53. The second-order valence-corrected chi connectivity index (χ2v) is 8.04. The molecule has 3 N–H and O–H groups in total. The molecule has 28 heavy (non-hydrogen) atoms. The van der Waals surface area contributed by atoms with E-state index in [-0.39, 0.29) is 17.4 Å². The number of amides is 3. The molecule has 6 nitrogen and oxygen atoms in total. The Morgan fingerprint density at radius 3 is 2.36 bits per heavy atom. The van der Waals surface area contributed by atoms with Gasteiger partial charge in [0.15, 0.2) is 0 Å².